The molecule has 0 aliphatic carbocycles. The average Bonchev–Trinajstić information content (AvgIpc) is 3.07. The minimum absolute atomic E-state index is 0.0284. The molecule has 2 heterocycles. The van der Waals surface area contributed by atoms with Gasteiger partial charge in [0.05, 0.1) is 12.2 Å². The normalized spacial score (nSPS) is 19.2. The predicted molar refractivity (Wildman–Crippen MR) is 128 cm³/mol. The summed E-state index contributed by atoms with van der Waals surface area (Å²) >= 11 is 3.73. The second kappa shape index (κ2) is 8.23. The molecule has 6 rings (SSSR count). The summed E-state index contributed by atoms with van der Waals surface area (Å²) in [5.74, 6) is 0. The third kappa shape index (κ3) is 3.71. The number of ether oxygens (including phenoxy) is 1. The summed E-state index contributed by atoms with van der Waals surface area (Å²) in [4.78, 5) is 5.27. The van der Waals surface area contributed by atoms with Crippen LogP contribution < -0.4 is 0 Å². The lowest BCUT2D eigenvalue weighted by atomic mass is 9.98. The highest BCUT2D eigenvalue weighted by atomic mass is 32.2. The molecule has 4 aromatic rings. The zero-order chi connectivity index (χ0) is 20.6. The van der Waals surface area contributed by atoms with E-state index < -0.39 is 0 Å². The van der Waals surface area contributed by atoms with Crippen LogP contribution in [-0.2, 0) is 17.6 Å². The summed E-state index contributed by atoms with van der Waals surface area (Å²) in [7, 11) is 0. The average molecular weight is 439 g/mol. The van der Waals surface area contributed by atoms with E-state index >= 15 is 0 Å². The molecular formula is C28H22OS2. The summed E-state index contributed by atoms with van der Waals surface area (Å²) in [5.41, 5.74) is 5.33. The second-order valence-electron chi connectivity index (χ2n) is 8.02. The molecule has 4 aromatic carbocycles. The number of fused-ring (bicyclic) bond motifs is 4. The topological polar surface area (TPSA) is 9.23 Å². The first-order chi connectivity index (χ1) is 15.3. The first-order valence-electron chi connectivity index (χ1n) is 10.7. The van der Waals surface area contributed by atoms with E-state index in [9.17, 15) is 0 Å². The van der Waals surface area contributed by atoms with Crippen molar-refractivity contribution in [3.63, 3.8) is 0 Å². The second-order valence-corrected chi connectivity index (χ2v) is 10.2. The zero-order valence-electron chi connectivity index (χ0n) is 17.0. The Hall–Kier alpha value is -2.46. The van der Waals surface area contributed by atoms with Gasteiger partial charge in [0.15, 0.2) is 0 Å². The van der Waals surface area contributed by atoms with Crippen molar-refractivity contribution >= 4 is 23.5 Å². The Bertz CT molecular complexity index is 1150. The van der Waals surface area contributed by atoms with E-state index in [-0.39, 0.29) is 12.2 Å². The SMILES string of the molecule is c1ccc2c(c1)CC(OC1Cc3ccccc3Sc3ccccc31)c1ccccc1S2. The first kappa shape index (κ1) is 19.2. The minimum atomic E-state index is 0.0284. The number of hydrogen-bond donors (Lipinski definition) is 0. The van der Waals surface area contributed by atoms with Crippen LogP contribution in [0.15, 0.2) is 117 Å². The molecule has 0 saturated carbocycles. The molecule has 31 heavy (non-hydrogen) atoms. The molecule has 0 fully saturated rings. The Morgan fingerprint density at radius 3 is 1.35 bits per heavy atom. The van der Waals surface area contributed by atoms with Crippen molar-refractivity contribution in [1.82, 2.24) is 0 Å². The van der Waals surface area contributed by atoms with Crippen molar-refractivity contribution in [2.45, 2.75) is 44.6 Å². The van der Waals surface area contributed by atoms with Gasteiger partial charge < -0.3 is 4.74 Å². The third-order valence-electron chi connectivity index (χ3n) is 6.06. The third-order valence-corrected chi connectivity index (χ3v) is 8.48. The molecule has 2 atom stereocenters. The van der Waals surface area contributed by atoms with Crippen molar-refractivity contribution in [1.29, 1.82) is 0 Å². The molecule has 1 nitrogen and oxygen atoms in total. The smallest absolute Gasteiger partial charge is 0.0885 e. The molecule has 0 bridgehead atoms. The lowest BCUT2D eigenvalue weighted by molar-refractivity contribution is -0.0175. The molecule has 0 spiro atoms. The van der Waals surface area contributed by atoms with Gasteiger partial charge in [-0.2, -0.15) is 0 Å². The quantitative estimate of drug-likeness (QED) is 0.315. The van der Waals surface area contributed by atoms with Gasteiger partial charge in [-0.25, -0.2) is 0 Å². The summed E-state index contributed by atoms with van der Waals surface area (Å²) in [6, 6.07) is 35.0. The Morgan fingerprint density at radius 2 is 0.871 bits per heavy atom. The van der Waals surface area contributed by atoms with Gasteiger partial charge in [-0.3, -0.25) is 0 Å². The Balaban J connectivity index is 1.43. The Kier molecular flexibility index (Phi) is 5.11. The largest absolute Gasteiger partial charge is 0.365 e. The monoisotopic (exact) mass is 438 g/mol. The van der Waals surface area contributed by atoms with Crippen LogP contribution in [0.1, 0.15) is 34.5 Å². The molecule has 2 aliphatic rings. The van der Waals surface area contributed by atoms with Gasteiger partial charge >= 0.3 is 0 Å². The molecule has 3 heteroatoms. The standard InChI is InChI=1S/C28H22OS2/c1-5-13-25-19(9-1)17-23(21-11-3-7-15-27(21)30-25)29-24-18-20-10-2-6-14-26(20)31-28-16-8-4-12-22(24)28/h1-16,23-24H,17-18H2. The van der Waals surface area contributed by atoms with Crippen LogP contribution >= 0.6 is 23.5 Å². The predicted octanol–water partition coefficient (Wildman–Crippen LogP) is 7.90. The van der Waals surface area contributed by atoms with E-state index in [4.69, 9.17) is 4.74 Å². The van der Waals surface area contributed by atoms with E-state index in [0.29, 0.717) is 0 Å². The van der Waals surface area contributed by atoms with Crippen LogP contribution in [0.2, 0.25) is 0 Å². The summed E-state index contributed by atoms with van der Waals surface area (Å²) < 4.78 is 7.03. The highest BCUT2D eigenvalue weighted by Crippen LogP contribution is 2.47. The molecule has 152 valence electrons. The number of rotatable bonds is 2. The van der Waals surface area contributed by atoms with Crippen molar-refractivity contribution < 1.29 is 4.74 Å². The van der Waals surface area contributed by atoms with Gasteiger partial charge in [-0.1, -0.05) is 96.3 Å². The highest BCUT2D eigenvalue weighted by Gasteiger charge is 2.29. The van der Waals surface area contributed by atoms with Crippen molar-refractivity contribution in [2.75, 3.05) is 0 Å². The fourth-order valence-electron chi connectivity index (χ4n) is 4.52. The maximum atomic E-state index is 7.03. The molecule has 2 aliphatic heterocycles. The lowest BCUT2D eigenvalue weighted by Gasteiger charge is -2.26. The first-order valence-corrected chi connectivity index (χ1v) is 12.3. The van der Waals surface area contributed by atoms with E-state index in [1.807, 2.05) is 23.5 Å². The zero-order valence-corrected chi connectivity index (χ0v) is 18.7. The van der Waals surface area contributed by atoms with Gasteiger partial charge in [-0.05, 0) is 46.5 Å². The van der Waals surface area contributed by atoms with E-state index in [1.165, 1.54) is 41.8 Å². The lowest BCUT2D eigenvalue weighted by Crippen LogP contribution is -2.15. The van der Waals surface area contributed by atoms with Crippen LogP contribution in [0.3, 0.4) is 0 Å². The molecule has 0 N–H and O–H groups in total. The van der Waals surface area contributed by atoms with Gasteiger partial charge in [0, 0.05) is 32.4 Å². The van der Waals surface area contributed by atoms with E-state index in [2.05, 4.69) is 97.1 Å². The molecule has 2 unspecified atom stereocenters. The van der Waals surface area contributed by atoms with Crippen LogP contribution in [0.25, 0.3) is 0 Å². The van der Waals surface area contributed by atoms with Gasteiger partial charge in [0.1, 0.15) is 0 Å². The van der Waals surface area contributed by atoms with Crippen LogP contribution in [0, 0.1) is 0 Å². The summed E-state index contributed by atoms with van der Waals surface area (Å²) in [6.45, 7) is 0. The highest BCUT2D eigenvalue weighted by molar-refractivity contribution is 7.99. The van der Waals surface area contributed by atoms with Gasteiger partial charge in [0.2, 0.25) is 0 Å². The van der Waals surface area contributed by atoms with Crippen molar-refractivity contribution in [3.8, 4) is 0 Å². The van der Waals surface area contributed by atoms with Crippen LogP contribution in [0.4, 0.5) is 0 Å². The van der Waals surface area contributed by atoms with Crippen LogP contribution in [-0.4, -0.2) is 0 Å². The van der Waals surface area contributed by atoms with E-state index in [0.717, 1.165) is 12.8 Å². The maximum Gasteiger partial charge on any atom is 0.0885 e. The van der Waals surface area contributed by atoms with Crippen molar-refractivity contribution in [3.05, 3.63) is 119 Å². The number of benzene rings is 4. The van der Waals surface area contributed by atoms with Gasteiger partial charge in [0.25, 0.3) is 0 Å². The molecule has 0 radical (unpaired) electrons. The minimum Gasteiger partial charge on any atom is -0.365 e. The molecule has 0 amide bonds. The Labute approximate surface area is 191 Å². The Morgan fingerprint density at radius 1 is 0.484 bits per heavy atom. The maximum absolute atomic E-state index is 7.03. The fourth-order valence-corrected chi connectivity index (χ4v) is 6.78. The number of hydrogen-bond acceptors (Lipinski definition) is 3. The molecule has 0 aromatic heterocycles. The van der Waals surface area contributed by atoms with Crippen molar-refractivity contribution in [2.24, 2.45) is 0 Å². The summed E-state index contributed by atoms with van der Waals surface area (Å²) in [5, 5.41) is 0. The summed E-state index contributed by atoms with van der Waals surface area (Å²) in [6.07, 6.45) is 1.85. The molecule has 0 saturated heterocycles. The molecular weight excluding hydrogens is 416 g/mol. The van der Waals surface area contributed by atoms with Gasteiger partial charge in [-0.15, -0.1) is 0 Å². The fraction of sp³-hybridized carbons (Fsp3) is 0.143. The van der Waals surface area contributed by atoms with Crippen LogP contribution in [0.5, 0.6) is 0 Å². The van der Waals surface area contributed by atoms with E-state index in [1.54, 1.807) is 0 Å².